The van der Waals surface area contributed by atoms with Crippen LogP contribution in [0.4, 0.5) is 10.5 Å². The standard InChI is InChI=1S/C37H47N3O6.BH3P.U/c41-24-6-2-1-4-8-34(43)26-29-11-9-28(10-12-29)15-22-35(44)31-16-18-32(19-17-31)36(45)39-27-30-13-20-33(21-14-30)40-37(46)38-23-5-3-7-25-42;1-2;/h9-14,16-21,41-42H,1-8,15,22-27H2,(H,39,45)(H2,38,40,46);1H,2H2;/i;1T;. The molecular formula is C37H50BN3O6PU. The van der Waals surface area contributed by atoms with E-state index in [1.165, 1.54) is 7.53 Å². The van der Waals surface area contributed by atoms with Crippen LogP contribution < -0.4 is 16.0 Å². The molecule has 261 valence electrons. The fourth-order valence-corrected chi connectivity index (χ4v) is 4.92. The number of unbranched alkanes of at least 4 members (excludes halogenated alkanes) is 5. The number of aryl methyl sites for hydroxylation is 1. The fraction of sp³-hybridized carbons (Fsp3) is 0.405. The van der Waals surface area contributed by atoms with Crippen LogP contribution in [0.25, 0.3) is 0 Å². The number of anilines is 1. The predicted molar refractivity (Wildman–Crippen MR) is 197 cm³/mol. The van der Waals surface area contributed by atoms with Gasteiger partial charge in [-0.15, -0.1) is 0 Å². The molecule has 3 aromatic carbocycles. The Balaban J connectivity index is 0.00000301. The van der Waals surface area contributed by atoms with E-state index in [0.717, 1.165) is 61.6 Å². The van der Waals surface area contributed by atoms with Crippen molar-refractivity contribution >= 4 is 45.8 Å². The van der Waals surface area contributed by atoms with Gasteiger partial charge in [0.05, 0.1) is 0 Å². The number of carbonyl (C=O) groups excluding carboxylic acids is 4. The number of Topliss-reactive ketones (excluding diaryl/α,β-unsaturated/α-hetero) is 2. The van der Waals surface area contributed by atoms with E-state index in [1.807, 2.05) is 36.4 Å². The zero-order valence-electron chi connectivity index (χ0n) is 29.2. The second-order valence-corrected chi connectivity index (χ2v) is 11.5. The Kier molecular flexibility index (Phi) is 23.3. The van der Waals surface area contributed by atoms with Crippen molar-refractivity contribution in [1.82, 2.24) is 10.6 Å². The van der Waals surface area contributed by atoms with Crippen molar-refractivity contribution in [3.05, 3.63) is 101 Å². The van der Waals surface area contributed by atoms with Crippen molar-refractivity contribution in [3.8, 4) is 0 Å². The molecule has 3 amide bonds. The third kappa shape index (κ3) is 18.7. The van der Waals surface area contributed by atoms with Gasteiger partial charge in [0.15, 0.2) is 5.78 Å². The number of aliphatic hydroxyl groups is 2. The minimum absolute atomic E-state index is 0. The van der Waals surface area contributed by atoms with Crippen LogP contribution in [0.5, 0.6) is 0 Å². The van der Waals surface area contributed by atoms with Crippen molar-refractivity contribution in [1.29, 1.82) is 1.34 Å². The maximum absolute atomic E-state index is 12.8. The van der Waals surface area contributed by atoms with Gasteiger partial charge in [-0.3, -0.25) is 14.4 Å². The molecule has 3 aromatic rings. The molecule has 49 heavy (non-hydrogen) atoms. The molecule has 9 nitrogen and oxygen atoms in total. The summed E-state index contributed by atoms with van der Waals surface area (Å²) in [7, 11) is 3.29. The van der Waals surface area contributed by atoms with Crippen LogP contribution >= 0.6 is 9.12 Å². The van der Waals surface area contributed by atoms with Gasteiger partial charge < -0.3 is 26.2 Å². The summed E-state index contributed by atoms with van der Waals surface area (Å²) in [5, 5.41) is 26.1. The molecular weight excluding hydrogens is 862 g/mol. The van der Waals surface area contributed by atoms with Gasteiger partial charge in [0.2, 0.25) is 0 Å². The monoisotopic (exact) mass is 914 g/mol. The zero-order chi connectivity index (χ0) is 35.7. The van der Waals surface area contributed by atoms with Crippen LogP contribution in [-0.4, -0.2) is 62.3 Å². The number of carbonyl (C=O) groups is 4. The minimum Gasteiger partial charge on any atom is -0.396 e. The summed E-state index contributed by atoms with van der Waals surface area (Å²) >= 11 is 0. The molecule has 1 atom stereocenters. The first-order chi connectivity index (χ1) is 23.8. The quantitative estimate of drug-likeness (QED) is 0.0417. The van der Waals surface area contributed by atoms with Crippen LogP contribution in [0.3, 0.4) is 0 Å². The Morgan fingerprint density at radius 3 is 1.86 bits per heavy atom. The number of benzene rings is 3. The van der Waals surface area contributed by atoms with E-state index in [1.54, 1.807) is 36.4 Å². The van der Waals surface area contributed by atoms with Gasteiger partial charge in [-0.05, 0) is 80.8 Å². The molecule has 0 aliphatic carbocycles. The summed E-state index contributed by atoms with van der Waals surface area (Å²) in [4.78, 5) is 49.7. The van der Waals surface area contributed by atoms with Gasteiger partial charge in [0.25, 0.3) is 5.91 Å². The van der Waals surface area contributed by atoms with E-state index in [-0.39, 0.29) is 67.8 Å². The first-order valence-corrected chi connectivity index (χ1v) is 17.2. The number of hydrogen-bond acceptors (Lipinski definition) is 6. The molecule has 0 saturated carbocycles. The van der Waals surface area contributed by atoms with Gasteiger partial charge in [0, 0.05) is 93.5 Å². The van der Waals surface area contributed by atoms with Crippen LogP contribution in [0.1, 0.15) is 95.2 Å². The molecule has 1 radical (unpaired) electrons. The van der Waals surface area contributed by atoms with Gasteiger partial charge in [-0.2, -0.15) is 9.12 Å². The van der Waals surface area contributed by atoms with E-state index in [4.69, 9.17) is 11.5 Å². The number of ketones is 2. The molecule has 1 unspecified atom stereocenters. The Morgan fingerprint density at radius 2 is 1.22 bits per heavy atom. The molecule has 0 aromatic heterocycles. The van der Waals surface area contributed by atoms with Crippen molar-refractivity contribution < 1.29 is 60.5 Å². The van der Waals surface area contributed by atoms with E-state index in [2.05, 4.69) is 25.1 Å². The number of rotatable bonds is 21. The van der Waals surface area contributed by atoms with E-state index < -0.39 is 0 Å². The topological polar surface area (TPSA) is 145 Å². The van der Waals surface area contributed by atoms with Crippen molar-refractivity contribution in [2.24, 2.45) is 0 Å². The zero-order valence-corrected chi connectivity index (χ0v) is 33.5. The Labute approximate surface area is 319 Å². The number of aliphatic hydroxyl groups excluding tert-OH is 2. The van der Waals surface area contributed by atoms with Gasteiger partial charge in [0.1, 0.15) is 13.3 Å². The summed E-state index contributed by atoms with van der Waals surface area (Å²) < 4.78 is 6.05. The molecule has 0 fully saturated rings. The fourth-order valence-electron chi connectivity index (χ4n) is 4.92. The normalized spacial score (nSPS) is 10.4. The molecule has 0 spiro atoms. The Hall–Kier alpha value is -2.79. The summed E-state index contributed by atoms with van der Waals surface area (Å²) in [5.41, 5.74) is 4.53. The molecule has 0 aliphatic rings. The van der Waals surface area contributed by atoms with E-state index in [9.17, 15) is 19.2 Å². The molecule has 5 N–H and O–H groups in total. The van der Waals surface area contributed by atoms with Crippen LogP contribution in [0.15, 0.2) is 72.8 Å². The van der Waals surface area contributed by atoms with Gasteiger partial charge >= 0.3 is 6.03 Å². The number of urea groups is 1. The maximum Gasteiger partial charge on any atom is 0.319 e. The third-order valence-corrected chi connectivity index (χ3v) is 7.68. The van der Waals surface area contributed by atoms with E-state index >= 15 is 0 Å². The maximum atomic E-state index is 12.8. The molecule has 0 heterocycles. The van der Waals surface area contributed by atoms with Gasteiger partial charge in [-0.25, -0.2) is 4.79 Å². The molecule has 0 aliphatic heterocycles. The number of amides is 3. The number of hydrogen-bond donors (Lipinski definition) is 5. The van der Waals surface area contributed by atoms with Crippen LogP contribution in [-0.2, 0) is 24.2 Å². The van der Waals surface area contributed by atoms with E-state index in [0.29, 0.717) is 55.6 Å². The number of nitrogens with one attached hydrogen (secondary N) is 3. The molecule has 0 bridgehead atoms. The smallest absolute Gasteiger partial charge is 0.319 e. The summed E-state index contributed by atoms with van der Waals surface area (Å²) in [6.07, 6.45) is 7.85. The molecule has 0 saturated heterocycles. The van der Waals surface area contributed by atoms with Crippen LogP contribution in [0, 0.1) is 31.1 Å². The minimum atomic E-state index is -0.288. The van der Waals surface area contributed by atoms with Gasteiger partial charge in [-0.1, -0.05) is 61.4 Å². The first kappa shape index (κ1) is 42.4. The average Bonchev–Trinajstić information content (AvgIpc) is 3.11. The second-order valence-electron chi connectivity index (χ2n) is 11.5. The molecule has 12 heteroatoms. The second kappa shape index (κ2) is 27.0. The Morgan fingerprint density at radius 1 is 0.673 bits per heavy atom. The summed E-state index contributed by atoms with van der Waals surface area (Å²) in [6.45, 7) is 1.22. The summed E-state index contributed by atoms with van der Waals surface area (Å²) in [5.74, 6) is -0.0327. The van der Waals surface area contributed by atoms with Crippen molar-refractivity contribution in [2.45, 2.75) is 77.2 Å². The van der Waals surface area contributed by atoms with Crippen LogP contribution in [0.2, 0.25) is 0 Å². The Bertz CT molecular complexity index is 1310. The largest absolute Gasteiger partial charge is 0.396 e. The first-order valence-electron chi connectivity index (χ1n) is 17.2. The third-order valence-electron chi connectivity index (χ3n) is 7.68. The predicted octanol–water partition coefficient (Wildman–Crippen LogP) is 5.45. The average molecular weight is 915 g/mol. The SMILES string of the molecule is O=C(CCCCCCO)Cc1ccc(CCC(=O)c2ccc(C(=O)NCc3ccc(NC(=O)NCCCCCO)cc3)cc2)cc1.[3H][B]P.[U]. The van der Waals surface area contributed by atoms with Crippen molar-refractivity contribution in [3.63, 3.8) is 0 Å². The molecule has 3 rings (SSSR count). The van der Waals surface area contributed by atoms with Crippen molar-refractivity contribution in [2.75, 3.05) is 25.1 Å². The summed E-state index contributed by atoms with van der Waals surface area (Å²) in [6, 6.07) is 21.4.